The van der Waals surface area contributed by atoms with E-state index in [4.69, 9.17) is 11.6 Å². The highest BCUT2D eigenvalue weighted by molar-refractivity contribution is 8.00. The van der Waals surface area contributed by atoms with Crippen LogP contribution in [0.15, 0.2) is 41.7 Å². The summed E-state index contributed by atoms with van der Waals surface area (Å²) in [6, 6.07) is 6.44. The molecule has 3 heterocycles. The fourth-order valence-electron chi connectivity index (χ4n) is 3.77. The zero-order chi connectivity index (χ0) is 22.3. The highest BCUT2D eigenvalue weighted by atomic mass is 35.5. The molecule has 2 aliphatic heterocycles. The monoisotopic (exact) mass is 462 g/mol. The van der Waals surface area contributed by atoms with Crippen molar-refractivity contribution in [2.75, 3.05) is 23.5 Å². The average Bonchev–Trinajstić information content (AvgIpc) is 3.13. The van der Waals surface area contributed by atoms with Gasteiger partial charge in [0, 0.05) is 17.3 Å². The number of nitrogens with zero attached hydrogens (tertiary/aromatic N) is 2. The molecule has 2 aliphatic rings. The van der Waals surface area contributed by atoms with Crippen LogP contribution in [0, 0.1) is 0 Å². The highest BCUT2D eigenvalue weighted by Gasteiger charge is 2.53. The Morgan fingerprint density at radius 3 is 2.74 bits per heavy atom. The molecule has 9 nitrogen and oxygen atoms in total. The zero-order valence-electron chi connectivity index (χ0n) is 16.4. The van der Waals surface area contributed by atoms with E-state index in [-0.39, 0.29) is 24.0 Å². The molecule has 1 aromatic carbocycles. The molecule has 1 saturated heterocycles. The van der Waals surface area contributed by atoms with Crippen molar-refractivity contribution in [3.05, 3.63) is 41.7 Å². The fraction of sp³-hybridized carbons (Fsp3) is 0.300. The van der Waals surface area contributed by atoms with E-state index >= 15 is 0 Å². The molecule has 2 aromatic rings. The van der Waals surface area contributed by atoms with Crippen LogP contribution in [-0.2, 0) is 14.4 Å². The molecule has 2 amide bonds. The van der Waals surface area contributed by atoms with E-state index in [9.17, 15) is 24.3 Å². The number of thioether (sulfide) groups is 1. The molecule has 1 fully saturated rings. The predicted molar refractivity (Wildman–Crippen MR) is 117 cm³/mol. The van der Waals surface area contributed by atoms with Crippen molar-refractivity contribution in [1.29, 1.82) is 0 Å². The normalized spacial score (nSPS) is 20.3. The lowest BCUT2D eigenvalue weighted by atomic mass is 10.0. The summed E-state index contributed by atoms with van der Waals surface area (Å²) in [6.07, 6.45) is 1.59. The van der Waals surface area contributed by atoms with E-state index in [0.717, 1.165) is 5.39 Å². The van der Waals surface area contributed by atoms with Crippen LogP contribution in [0.25, 0.3) is 10.9 Å². The van der Waals surface area contributed by atoms with Gasteiger partial charge in [-0.1, -0.05) is 18.2 Å². The Morgan fingerprint density at radius 1 is 1.29 bits per heavy atom. The smallest absolute Gasteiger partial charge is 0.352 e. The number of anilines is 1. The number of alkyl halides is 1. The number of carboxylic acids is 1. The molecule has 0 radical (unpaired) electrons. The van der Waals surface area contributed by atoms with E-state index in [2.05, 4.69) is 10.6 Å². The zero-order valence-corrected chi connectivity index (χ0v) is 18.0. The lowest BCUT2D eigenvalue weighted by Crippen LogP contribution is -2.70. The number of amides is 2. The summed E-state index contributed by atoms with van der Waals surface area (Å²) in [5.41, 5.74) is 1.87. The number of carboxylic acid groups (broad SMARTS) is 1. The standard InChI is InChI=1S/C20H19ClN4O5S/c1-10-9-31-19-16(18(28)25(19)17(10)20(29)30)23-14(26)7-22-12-8-24(15(27)6-21)13-5-3-2-4-11(12)13/h2-5,8,16,19,22H,6-7,9H2,1H3,(H,23,26)(H,29,30)/t16?,19-/m0/s1. The Bertz CT molecular complexity index is 1140. The number of β-lactam (4-membered cyclic amide) rings is 1. The van der Waals surface area contributed by atoms with E-state index in [0.29, 0.717) is 22.5 Å². The van der Waals surface area contributed by atoms with Gasteiger partial charge in [-0.2, -0.15) is 0 Å². The highest BCUT2D eigenvalue weighted by Crippen LogP contribution is 2.40. The first-order valence-electron chi connectivity index (χ1n) is 9.43. The van der Waals surface area contributed by atoms with Gasteiger partial charge in [-0.25, -0.2) is 4.79 Å². The van der Waals surface area contributed by atoms with E-state index in [1.807, 2.05) is 12.1 Å². The summed E-state index contributed by atoms with van der Waals surface area (Å²) >= 11 is 7.10. The Hall–Kier alpha value is -2.98. The summed E-state index contributed by atoms with van der Waals surface area (Å²) in [5, 5.41) is 15.4. The van der Waals surface area contributed by atoms with Crippen LogP contribution >= 0.6 is 23.4 Å². The number of carbonyl (C=O) groups excluding carboxylic acids is 3. The second kappa shape index (κ2) is 8.27. The minimum atomic E-state index is -1.15. The Labute approximate surface area is 186 Å². The van der Waals surface area contributed by atoms with Crippen LogP contribution in [0.4, 0.5) is 5.69 Å². The van der Waals surface area contributed by atoms with Crippen molar-refractivity contribution < 1.29 is 24.3 Å². The molecule has 162 valence electrons. The number of hydrogen-bond donors (Lipinski definition) is 3. The van der Waals surface area contributed by atoms with E-state index in [1.165, 1.54) is 21.2 Å². The molecule has 0 bridgehead atoms. The number of rotatable bonds is 6. The number of benzene rings is 1. The maximum atomic E-state index is 12.5. The van der Waals surface area contributed by atoms with Gasteiger partial charge in [0.15, 0.2) is 0 Å². The Balaban J connectivity index is 1.43. The second-order valence-electron chi connectivity index (χ2n) is 7.20. The molecular formula is C20H19ClN4O5S. The summed E-state index contributed by atoms with van der Waals surface area (Å²) in [7, 11) is 0. The third kappa shape index (κ3) is 3.66. The molecule has 3 N–H and O–H groups in total. The quantitative estimate of drug-likeness (QED) is 0.441. The van der Waals surface area contributed by atoms with Crippen LogP contribution in [0.5, 0.6) is 0 Å². The van der Waals surface area contributed by atoms with Gasteiger partial charge in [-0.3, -0.25) is 23.9 Å². The number of aromatic nitrogens is 1. The van der Waals surface area contributed by atoms with Gasteiger partial charge in [0.25, 0.3) is 5.91 Å². The second-order valence-corrected chi connectivity index (χ2v) is 8.57. The molecule has 4 rings (SSSR count). The van der Waals surface area contributed by atoms with Gasteiger partial charge in [-0.15, -0.1) is 23.4 Å². The first kappa shape index (κ1) is 21.3. The molecule has 11 heteroatoms. The van der Waals surface area contributed by atoms with Gasteiger partial charge in [0.2, 0.25) is 11.8 Å². The van der Waals surface area contributed by atoms with Crippen LogP contribution in [0.3, 0.4) is 0 Å². The van der Waals surface area contributed by atoms with Gasteiger partial charge in [0.1, 0.15) is 23.0 Å². The van der Waals surface area contributed by atoms with Crippen LogP contribution in [-0.4, -0.2) is 67.9 Å². The number of halogens is 1. The summed E-state index contributed by atoms with van der Waals surface area (Å²) < 4.78 is 1.43. The number of carbonyl (C=O) groups is 4. The van der Waals surface area contributed by atoms with Crippen molar-refractivity contribution in [2.24, 2.45) is 0 Å². The van der Waals surface area contributed by atoms with Crippen molar-refractivity contribution in [1.82, 2.24) is 14.8 Å². The van der Waals surface area contributed by atoms with Gasteiger partial charge in [0.05, 0.1) is 17.7 Å². The third-order valence-electron chi connectivity index (χ3n) is 5.21. The molecule has 0 aliphatic carbocycles. The first-order chi connectivity index (χ1) is 14.8. The van der Waals surface area contributed by atoms with Crippen molar-refractivity contribution in [2.45, 2.75) is 18.3 Å². The van der Waals surface area contributed by atoms with Gasteiger partial charge >= 0.3 is 5.97 Å². The number of nitrogens with one attached hydrogen (secondary N) is 2. The molecule has 0 saturated carbocycles. The average molecular weight is 463 g/mol. The summed E-state index contributed by atoms with van der Waals surface area (Å²) in [6.45, 7) is 1.56. The largest absolute Gasteiger partial charge is 0.477 e. The molecule has 2 atom stereocenters. The van der Waals surface area contributed by atoms with Crippen LogP contribution in [0.1, 0.15) is 11.7 Å². The fourth-order valence-corrected chi connectivity index (χ4v) is 5.19. The molecule has 1 aromatic heterocycles. The number of para-hydroxylation sites is 1. The van der Waals surface area contributed by atoms with Gasteiger partial charge < -0.3 is 15.7 Å². The minimum Gasteiger partial charge on any atom is -0.477 e. The Kier molecular flexibility index (Phi) is 5.67. The Morgan fingerprint density at radius 2 is 2.03 bits per heavy atom. The minimum absolute atomic E-state index is 0.00542. The van der Waals surface area contributed by atoms with E-state index < -0.39 is 29.2 Å². The topological polar surface area (TPSA) is 121 Å². The molecular weight excluding hydrogens is 444 g/mol. The van der Waals surface area contributed by atoms with Crippen molar-refractivity contribution in [3.63, 3.8) is 0 Å². The first-order valence-corrected chi connectivity index (χ1v) is 11.0. The molecule has 1 unspecified atom stereocenters. The number of aliphatic carboxylic acids is 1. The number of fused-ring (bicyclic) bond motifs is 2. The van der Waals surface area contributed by atoms with Crippen molar-refractivity contribution in [3.8, 4) is 0 Å². The van der Waals surface area contributed by atoms with Gasteiger partial charge in [-0.05, 0) is 18.6 Å². The van der Waals surface area contributed by atoms with Crippen LogP contribution < -0.4 is 10.6 Å². The molecule has 31 heavy (non-hydrogen) atoms. The lowest BCUT2D eigenvalue weighted by molar-refractivity contribution is -0.150. The third-order valence-corrected chi connectivity index (χ3v) is 6.87. The summed E-state index contributed by atoms with van der Waals surface area (Å²) in [4.78, 5) is 49.7. The SMILES string of the molecule is CC1=C(C(=O)O)N2C(=O)C(NC(=O)CNc3cn(C(=O)CCl)c4ccccc34)[C@@H]2SC1. The summed E-state index contributed by atoms with van der Waals surface area (Å²) in [5.74, 6) is -1.99. The predicted octanol–water partition coefficient (Wildman–Crippen LogP) is 1.69. The lowest BCUT2D eigenvalue weighted by Gasteiger charge is -2.49. The maximum Gasteiger partial charge on any atom is 0.352 e. The van der Waals surface area contributed by atoms with E-state index in [1.54, 1.807) is 25.3 Å². The van der Waals surface area contributed by atoms with Crippen molar-refractivity contribution >= 4 is 63.6 Å². The maximum absolute atomic E-state index is 12.5. The molecule has 0 spiro atoms. The van der Waals surface area contributed by atoms with Crippen LogP contribution in [0.2, 0.25) is 0 Å². The number of hydrogen-bond acceptors (Lipinski definition) is 6.